The van der Waals surface area contributed by atoms with Gasteiger partial charge in [-0.2, -0.15) is 0 Å². The van der Waals surface area contributed by atoms with E-state index in [0.717, 1.165) is 11.3 Å². The second-order valence-electron chi connectivity index (χ2n) is 6.76. The molecule has 0 radical (unpaired) electrons. The van der Waals surface area contributed by atoms with Gasteiger partial charge in [-0.1, -0.05) is 18.2 Å². The summed E-state index contributed by atoms with van der Waals surface area (Å²) in [6, 6.07) is 12.6. The highest BCUT2D eigenvalue weighted by Gasteiger charge is 2.22. The zero-order valence-electron chi connectivity index (χ0n) is 16.2. The van der Waals surface area contributed by atoms with Crippen LogP contribution < -0.4 is 14.8 Å². The normalized spacial score (nSPS) is 15.2. The van der Waals surface area contributed by atoms with Crippen LogP contribution >= 0.6 is 0 Å². The lowest BCUT2D eigenvalue weighted by molar-refractivity contribution is -0.117. The Morgan fingerprint density at radius 3 is 2.71 bits per heavy atom. The van der Waals surface area contributed by atoms with E-state index in [2.05, 4.69) is 5.32 Å². The first kappa shape index (κ1) is 19.7. The van der Waals surface area contributed by atoms with E-state index in [1.54, 1.807) is 18.2 Å². The van der Waals surface area contributed by atoms with Crippen LogP contribution in [0.3, 0.4) is 0 Å². The standard InChI is InChI=1S/C21H24N2O5/c1-14-8-9-15(21(25)26-3)10-17(14)22-20(24)12-23(2)11-16-13-27-18-6-4-5-7-19(18)28-16/h4-10,16H,11-13H2,1-3H3,(H,22,24)/t16-/m1/s1. The lowest BCUT2D eigenvalue weighted by atomic mass is 10.1. The third-order valence-electron chi connectivity index (χ3n) is 4.43. The molecule has 0 aromatic heterocycles. The topological polar surface area (TPSA) is 77.1 Å². The molecule has 1 heterocycles. The van der Waals surface area contributed by atoms with Crippen molar-refractivity contribution in [3.8, 4) is 11.5 Å². The Kier molecular flexibility index (Phi) is 6.16. The van der Waals surface area contributed by atoms with Gasteiger partial charge < -0.3 is 19.5 Å². The van der Waals surface area contributed by atoms with Crippen LogP contribution in [0.5, 0.6) is 11.5 Å². The number of nitrogens with one attached hydrogen (secondary N) is 1. The quantitative estimate of drug-likeness (QED) is 0.771. The number of ether oxygens (including phenoxy) is 3. The number of methoxy groups -OCH3 is 1. The summed E-state index contributed by atoms with van der Waals surface area (Å²) in [6.45, 7) is 3.03. The van der Waals surface area contributed by atoms with Gasteiger partial charge in [0, 0.05) is 12.2 Å². The Hall–Kier alpha value is -3.06. The Balaban J connectivity index is 1.54. The van der Waals surface area contributed by atoms with Gasteiger partial charge in [-0.25, -0.2) is 4.79 Å². The van der Waals surface area contributed by atoms with Crippen molar-refractivity contribution in [1.82, 2.24) is 4.90 Å². The molecule has 2 aromatic rings. The van der Waals surface area contributed by atoms with E-state index in [9.17, 15) is 9.59 Å². The van der Waals surface area contributed by atoms with Crippen LogP contribution in [0, 0.1) is 6.92 Å². The van der Waals surface area contributed by atoms with E-state index < -0.39 is 5.97 Å². The molecule has 7 heteroatoms. The van der Waals surface area contributed by atoms with Gasteiger partial charge in [0.2, 0.25) is 5.91 Å². The van der Waals surface area contributed by atoms with Crippen molar-refractivity contribution >= 4 is 17.6 Å². The first-order valence-corrected chi connectivity index (χ1v) is 9.02. The first-order chi connectivity index (χ1) is 13.5. The summed E-state index contributed by atoms with van der Waals surface area (Å²) in [4.78, 5) is 26.0. The summed E-state index contributed by atoms with van der Waals surface area (Å²) in [7, 11) is 3.17. The van der Waals surface area contributed by atoms with Crippen molar-refractivity contribution in [2.45, 2.75) is 13.0 Å². The molecule has 0 fully saturated rings. The SMILES string of the molecule is COC(=O)c1ccc(C)c(NC(=O)CN(C)C[C@@H]2COc3ccccc3O2)c1. The number of hydrogen-bond acceptors (Lipinski definition) is 6. The molecule has 0 bridgehead atoms. The minimum atomic E-state index is -0.442. The van der Waals surface area contributed by atoms with E-state index in [1.165, 1.54) is 7.11 Å². The molecular formula is C21H24N2O5. The number of rotatable bonds is 6. The number of fused-ring (bicyclic) bond motifs is 1. The van der Waals surface area contributed by atoms with E-state index >= 15 is 0 Å². The summed E-state index contributed by atoms with van der Waals surface area (Å²) >= 11 is 0. The highest BCUT2D eigenvalue weighted by atomic mass is 16.6. The van der Waals surface area contributed by atoms with Gasteiger partial charge in [-0.05, 0) is 43.8 Å². The predicted octanol–water partition coefficient (Wildman–Crippen LogP) is 2.49. The minimum absolute atomic E-state index is 0.155. The number of hydrogen-bond donors (Lipinski definition) is 1. The Morgan fingerprint density at radius 2 is 1.96 bits per heavy atom. The second-order valence-corrected chi connectivity index (χ2v) is 6.76. The van der Waals surface area contributed by atoms with Crippen molar-refractivity contribution in [3.63, 3.8) is 0 Å². The molecule has 2 aromatic carbocycles. The van der Waals surface area contributed by atoms with Gasteiger partial charge in [0.25, 0.3) is 0 Å². The van der Waals surface area contributed by atoms with Crippen molar-refractivity contribution in [2.75, 3.05) is 39.2 Å². The van der Waals surface area contributed by atoms with E-state index in [1.807, 2.05) is 43.1 Å². The molecule has 0 saturated heterocycles. The van der Waals surface area contributed by atoms with Crippen LogP contribution in [0.15, 0.2) is 42.5 Å². The summed E-state index contributed by atoms with van der Waals surface area (Å²) in [5.74, 6) is 0.832. The summed E-state index contributed by atoms with van der Waals surface area (Å²) in [5, 5.41) is 2.85. The Bertz CT molecular complexity index is 868. The molecule has 1 aliphatic rings. The average Bonchev–Trinajstić information content (AvgIpc) is 2.68. The van der Waals surface area contributed by atoms with Crippen molar-refractivity contribution in [3.05, 3.63) is 53.6 Å². The highest BCUT2D eigenvalue weighted by molar-refractivity contribution is 5.96. The number of carbonyl (C=O) groups excluding carboxylic acids is 2. The predicted molar refractivity (Wildman–Crippen MR) is 105 cm³/mol. The molecule has 1 amide bonds. The summed E-state index contributed by atoms with van der Waals surface area (Å²) in [6.07, 6.45) is -0.155. The number of aryl methyl sites for hydroxylation is 1. The van der Waals surface area contributed by atoms with Crippen LogP contribution in [0.1, 0.15) is 15.9 Å². The third-order valence-corrected chi connectivity index (χ3v) is 4.43. The number of anilines is 1. The number of nitrogens with zero attached hydrogens (tertiary/aromatic N) is 1. The van der Waals surface area contributed by atoms with Gasteiger partial charge in [0.15, 0.2) is 11.5 Å². The summed E-state index contributed by atoms with van der Waals surface area (Å²) in [5.41, 5.74) is 1.85. The average molecular weight is 384 g/mol. The molecule has 1 aliphatic heterocycles. The highest BCUT2D eigenvalue weighted by Crippen LogP contribution is 2.30. The maximum atomic E-state index is 12.4. The van der Waals surface area contributed by atoms with E-state index in [0.29, 0.717) is 30.2 Å². The van der Waals surface area contributed by atoms with Crippen molar-refractivity contribution in [2.24, 2.45) is 0 Å². The smallest absolute Gasteiger partial charge is 0.337 e. The largest absolute Gasteiger partial charge is 0.486 e. The number of carbonyl (C=O) groups is 2. The Morgan fingerprint density at radius 1 is 1.21 bits per heavy atom. The maximum Gasteiger partial charge on any atom is 0.337 e. The fourth-order valence-corrected chi connectivity index (χ4v) is 3.00. The van der Waals surface area contributed by atoms with Gasteiger partial charge >= 0.3 is 5.97 Å². The third kappa shape index (κ3) is 4.80. The number of benzene rings is 2. The lowest BCUT2D eigenvalue weighted by Crippen LogP contribution is -2.42. The van der Waals surface area contributed by atoms with Crippen LogP contribution in [-0.4, -0.2) is 56.7 Å². The number of para-hydroxylation sites is 2. The Labute approximate surface area is 164 Å². The minimum Gasteiger partial charge on any atom is -0.486 e. The van der Waals surface area contributed by atoms with Crippen molar-refractivity contribution in [1.29, 1.82) is 0 Å². The zero-order valence-corrected chi connectivity index (χ0v) is 16.2. The maximum absolute atomic E-state index is 12.4. The monoisotopic (exact) mass is 384 g/mol. The molecule has 3 rings (SSSR count). The molecule has 1 N–H and O–H groups in total. The number of esters is 1. The molecule has 0 unspecified atom stereocenters. The molecule has 28 heavy (non-hydrogen) atoms. The van der Waals surface area contributed by atoms with Gasteiger partial charge in [-0.15, -0.1) is 0 Å². The lowest BCUT2D eigenvalue weighted by Gasteiger charge is -2.29. The first-order valence-electron chi connectivity index (χ1n) is 9.02. The van der Waals surface area contributed by atoms with Gasteiger partial charge in [0.1, 0.15) is 12.7 Å². The molecule has 7 nitrogen and oxygen atoms in total. The number of likely N-dealkylation sites (N-methyl/N-ethyl adjacent to an activating group) is 1. The van der Waals surface area contributed by atoms with Crippen LogP contribution in [0.4, 0.5) is 5.69 Å². The summed E-state index contributed by atoms with van der Waals surface area (Å²) < 4.78 is 16.4. The fraction of sp³-hybridized carbons (Fsp3) is 0.333. The molecule has 0 spiro atoms. The number of amides is 1. The van der Waals surface area contributed by atoms with Crippen LogP contribution in [0.2, 0.25) is 0 Å². The van der Waals surface area contributed by atoms with Crippen molar-refractivity contribution < 1.29 is 23.8 Å². The van der Waals surface area contributed by atoms with Crippen LogP contribution in [-0.2, 0) is 9.53 Å². The van der Waals surface area contributed by atoms with E-state index in [4.69, 9.17) is 14.2 Å². The molecule has 0 saturated carbocycles. The molecule has 148 valence electrons. The molecule has 1 atom stereocenters. The van der Waals surface area contributed by atoms with Crippen LogP contribution in [0.25, 0.3) is 0 Å². The van der Waals surface area contributed by atoms with Gasteiger partial charge in [-0.3, -0.25) is 9.69 Å². The molecular weight excluding hydrogens is 360 g/mol. The molecule has 0 aliphatic carbocycles. The van der Waals surface area contributed by atoms with E-state index in [-0.39, 0.29) is 18.6 Å². The van der Waals surface area contributed by atoms with Gasteiger partial charge in [0.05, 0.1) is 19.2 Å². The zero-order chi connectivity index (χ0) is 20.1. The fourth-order valence-electron chi connectivity index (χ4n) is 3.00. The second kappa shape index (κ2) is 8.75.